The second-order valence-electron chi connectivity index (χ2n) is 7.28. The second kappa shape index (κ2) is 12.6. The number of benzene rings is 2. The highest BCUT2D eigenvalue weighted by atomic mass is 14.2. The first-order valence-corrected chi connectivity index (χ1v) is 10.7. The van der Waals surface area contributed by atoms with Crippen molar-refractivity contribution in [2.24, 2.45) is 5.92 Å². The van der Waals surface area contributed by atoms with Crippen LogP contribution < -0.4 is 0 Å². The monoisotopic (exact) mass is 398 g/mol. The lowest BCUT2D eigenvalue weighted by molar-refractivity contribution is 0.714. The highest BCUT2D eigenvalue weighted by Crippen LogP contribution is 2.31. The average molecular weight is 399 g/mol. The lowest BCUT2D eigenvalue weighted by Crippen LogP contribution is -2.02. The van der Waals surface area contributed by atoms with Crippen molar-refractivity contribution in [1.82, 2.24) is 0 Å². The maximum Gasteiger partial charge on any atom is -0.0146 e. The Morgan fingerprint density at radius 3 is 2.43 bits per heavy atom. The Labute approximate surface area is 184 Å². The summed E-state index contributed by atoms with van der Waals surface area (Å²) in [5.41, 5.74) is 6.29. The molecular formula is C30H38. The molecule has 1 unspecified atom stereocenters. The molecule has 1 atom stereocenters. The lowest BCUT2D eigenvalue weighted by atomic mass is 9.86. The van der Waals surface area contributed by atoms with Crippen LogP contribution in [0.15, 0.2) is 102 Å². The van der Waals surface area contributed by atoms with E-state index < -0.39 is 0 Å². The van der Waals surface area contributed by atoms with Gasteiger partial charge in [-0.1, -0.05) is 113 Å². The molecule has 1 aliphatic carbocycles. The first kappa shape index (κ1) is 25.2. The van der Waals surface area contributed by atoms with Crippen molar-refractivity contribution in [2.75, 3.05) is 0 Å². The van der Waals surface area contributed by atoms with E-state index >= 15 is 0 Å². The van der Waals surface area contributed by atoms with Crippen LogP contribution in [0.1, 0.15) is 52.7 Å². The van der Waals surface area contributed by atoms with Gasteiger partial charge in [0.05, 0.1) is 0 Å². The molecule has 30 heavy (non-hydrogen) atoms. The van der Waals surface area contributed by atoms with Gasteiger partial charge < -0.3 is 0 Å². The van der Waals surface area contributed by atoms with E-state index in [2.05, 4.69) is 99.4 Å². The van der Waals surface area contributed by atoms with Gasteiger partial charge in [-0.3, -0.25) is 0 Å². The van der Waals surface area contributed by atoms with Crippen molar-refractivity contribution in [3.63, 3.8) is 0 Å². The van der Waals surface area contributed by atoms with Crippen LogP contribution in [0.2, 0.25) is 0 Å². The molecule has 0 heterocycles. The summed E-state index contributed by atoms with van der Waals surface area (Å²) >= 11 is 0. The third-order valence-electron chi connectivity index (χ3n) is 4.95. The fourth-order valence-electron chi connectivity index (χ4n) is 3.51. The second-order valence-corrected chi connectivity index (χ2v) is 7.28. The zero-order valence-electron chi connectivity index (χ0n) is 18.6. The Morgan fingerprint density at radius 2 is 1.77 bits per heavy atom. The zero-order chi connectivity index (χ0) is 21.2. The number of hydrogen-bond acceptors (Lipinski definition) is 0. The van der Waals surface area contributed by atoms with Gasteiger partial charge in [-0.2, -0.15) is 0 Å². The molecule has 0 bridgehead atoms. The molecule has 0 radical (unpaired) electrons. The van der Waals surface area contributed by atoms with Crippen molar-refractivity contribution < 1.29 is 0 Å². The summed E-state index contributed by atoms with van der Waals surface area (Å²) in [6.45, 7) is 14.5. The summed E-state index contributed by atoms with van der Waals surface area (Å²) in [5, 5.41) is 2.56. The quantitative estimate of drug-likeness (QED) is 0.440. The van der Waals surface area contributed by atoms with Gasteiger partial charge in [0.15, 0.2) is 0 Å². The van der Waals surface area contributed by atoms with Crippen molar-refractivity contribution in [3.05, 3.63) is 113 Å². The van der Waals surface area contributed by atoms with E-state index in [0.29, 0.717) is 5.92 Å². The summed E-state index contributed by atoms with van der Waals surface area (Å²) in [6, 6.07) is 13.3. The molecule has 0 saturated carbocycles. The van der Waals surface area contributed by atoms with E-state index in [1.165, 1.54) is 33.0 Å². The molecule has 2 aromatic carbocycles. The third-order valence-corrected chi connectivity index (χ3v) is 4.95. The highest BCUT2D eigenvalue weighted by Gasteiger charge is 2.13. The summed E-state index contributed by atoms with van der Waals surface area (Å²) in [5.74, 6) is 0.556. The van der Waals surface area contributed by atoms with Crippen molar-refractivity contribution >= 4 is 16.8 Å². The molecule has 2 aromatic rings. The van der Waals surface area contributed by atoms with Crippen LogP contribution >= 0.6 is 0 Å². The van der Waals surface area contributed by atoms with E-state index in [4.69, 9.17) is 0 Å². The highest BCUT2D eigenvalue weighted by molar-refractivity contribution is 5.86. The van der Waals surface area contributed by atoms with Crippen LogP contribution in [0.25, 0.3) is 16.8 Å². The zero-order valence-corrected chi connectivity index (χ0v) is 18.6. The number of fused-ring (bicyclic) bond motifs is 1. The van der Waals surface area contributed by atoms with E-state index in [-0.39, 0.29) is 7.43 Å². The van der Waals surface area contributed by atoms with Crippen LogP contribution in [-0.2, 0) is 0 Å². The van der Waals surface area contributed by atoms with Gasteiger partial charge in [0.1, 0.15) is 0 Å². The van der Waals surface area contributed by atoms with Crippen molar-refractivity contribution in [2.45, 2.75) is 48.5 Å². The first-order chi connectivity index (χ1) is 14.1. The largest absolute Gasteiger partial charge is 0.0984 e. The van der Waals surface area contributed by atoms with Crippen LogP contribution in [0.5, 0.6) is 0 Å². The van der Waals surface area contributed by atoms with Crippen LogP contribution in [0.3, 0.4) is 0 Å². The Bertz CT molecular complexity index is 990. The predicted octanol–water partition coefficient (Wildman–Crippen LogP) is 9.40. The number of rotatable bonds is 5. The summed E-state index contributed by atoms with van der Waals surface area (Å²) in [6.07, 6.45) is 18.3. The molecule has 3 rings (SSSR count). The fraction of sp³-hybridized carbons (Fsp3) is 0.267. The molecule has 0 spiro atoms. The van der Waals surface area contributed by atoms with Gasteiger partial charge in [0.2, 0.25) is 0 Å². The number of hydrogen-bond donors (Lipinski definition) is 0. The molecule has 1 aliphatic rings. The molecule has 0 aliphatic heterocycles. The molecule has 0 fully saturated rings. The topological polar surface area (TPSA) is 0 Å². The van der Waals surface area contributed by atoms with Crippen molar-refractivity contribution in [1.29, 1.82) is 0 Å². The molecule has 0 saturated heterocycles. The standard InChI is InChI=1S/C27H28.C2H6.CH4/c1-5-7-10-23(6-2)27(26-11-8-9-20(3)17-26)19-22-13-15-24-16-21(4)12-14-25(24)18-22;1-2;/h5-16,18-20H,2,17H2,1,3-4H3;1-2H3;1H4/b7-5-,23-10+,27-19-;;. The molecule has 158 valence electrons. The fourth-order valence-corrected chi connectivity index (χ4v) is 3.51. The predicted molar refractivity (Wildman–Crippen MR) is 139 cm³/mol. The normalized spacial score (nSPS) is 16.6. The molecule has 0 aromatic heterocycles. The Kier molecular flexibility index (Phi) is 10.6. The van der Waals surface area contributed by atoms with Gasteiger partial charge in [-0.15, -0.1) is 0 Å². The maximum atomic E-state index is 4.06. The Balaban J connectivity index is 0.00000146. The van der Waals surface area contributed by atoms with Crippen LogP contribution in [0, 0.1) is 12.8 Å². The number of allylic oxidation sites excluding steroid dienone is 10. The smallest absolute Gasteiger partial charge is 0.0146 e. The lowest BCUT2D eigenvalue weighted by Gasteiger charge is -2.19. The summed E-state index contributed by atoms with van der Waals surface area (Å²) in [7, 11) is 0. The molecule has 0 amide bonds. The number of aryl methyl sites for hydroxylation is 1. The minimum atomic E-state index is 0. The molecular weight excluding hydrogens is 360 g/mol. The van der Waals surface area contributed by atoms with E-state index in [1.807, 2.05) is 26.8 Å². The van der Waals surface area contributed by atoms with Gasteiger partial charge in [-0.25, -0.2) is 0 Å². The summed E-state index contributed by atoms with van der Waals surface area (Å²) in [4.78, 5) is 0. The SMILES string of the molecule is C.C=CC(=C\C=C/C)/C(=C/c1ccc2cc(C)ccc2c1)C1=CC=CC(C)C1.CC. The van der Waals surface area contributed by atoms with Crippen LogP contribution in [0.4, 0.5) is 0 Å². The Hall–Kier alpha value is -2.86. The minimum absolute atomic E-state index is 0. The van der Waals surface area contributed by atoms with E-state index in [1.54, 1.807) is 0 Å². The van der Waals surface area contributed by atoms with Gasteiger partial charge in [-0.05, 0) is 71.4 Å². The van der Waals surface area contributed by atoms with Gasteiger partial charge in [0.25, 0.3) is 0 Å². The Morgan fingerprint density at radius 1 is 1.07 bits per heavy atom. The molecule has 0 N–H and O–H groups in total. The molecule has 0 heteroatoms. The van der Waals surface area contributed by atoms with Crippen molar-refractivity contribution in [3.8, 4) is 0 Å². The molecule has 0 nitrogen and oxygen atoms in total. The van der Waals surface area contributed by atoms with E-state index in [0.717, 1.165) is 12.0 Å². The third kappa shape index (κ3) is 6.59. The minimum Gasteiger partial charge on any atom is -0.0984 e. The van der Waals surface area contributed by atoms with Gasteiger partial charge >= 0.3 is 0 Å². The summed E-state index contributed by atoms with van der Waals surface area (Å²) < 4.78 is 0. The van der Waals surface area contributed by atoms with Gasteiger partial charge in [0, 0.05) is 0 Å². The maximum absolute atomic E-state index is 4.06. The van der Waals surface area contributed by atoms with E-state index in [9.17, 15) is 0 Å². The average Bonchev–Trinajstić information content (AvgIpc) is 2.75. The van der Waals surface area contributed by atoms with Crippen LogP contribution in [-0.4, -0.2) is 0 Å². The first-order valence-electron chi connectivity index (χ1n) is 10.7.